The Balaban J connectivity index is 3.59. The fourth-order valence-electron chi connectivity index (χ4n) is 4.89. The van der Waals surface area contributed by atoms with E-state index in [1.54, 1.807) is 67.2 Å². The molecule has 0 aromatic heterocycles. The number of benzene rings is 1. The van der Waals surface area contributed by atoms with Crippen LogP contribution in [0.4, 0.5) is 0 Å². The topological polar surface area (TPSA) is 172 Å². The lowest BCUT2D eigenvalue weighted by Crippen LogP contribution is -2.52. The Morgan fingerprint density at radius 1 is 0.700 bits per heavy atom. The molecule has 0 heterocycles. The summed E-state index contributed by atoms with van der Waals surface area (Å²) in [4.78, 5) is 67.3. The van der Waals surface area contributed by atoms with Gasteiger partial charge in [-0.15, -0.1) is 0 Å². The van der Waals surface area contributed by atoms with Crippen molar-refractivity contribution >= 4 is 52.4 Å². The fraction of sp³-hybridized carbons (Fsp3) is 0.686. The highest BCUT2D eigenvalue weighted by Gasteiger charge is 2.30. The van der Waals surface area contributed by atoms with Crippen LogP contribution in [0.3, 0.4) is 0 Å². The van der Waals surface area contributed by atoms with Crippen LogP contribution in [0.15, 0.2) is 18.2 Å². The number of nitrogens with zero attached hydrogens (tertiary/aromatic N) is 3. The second-order valence-corrected chi connectivity index (χ2v) is 16.1. The van der Waals surface area contributed by atoms with Gasteiger partial charge in [-0.3, -0.25) is 38.7 Å². The highest BCUT2D eigenvalue weighted by Crippen LogP contribution is 2.24. The highest BCUT2D eigenvalue weighted by atomic mass is 127. The number of halogens is 1. The minimum Gasteiger partial charge on any atom is -0.493 e. The van der Waals surface area contributed by atoms with Gasteiger partial charge in [0.25, 0.3) is 0 Å². The third kappa shape index (κ3) is 20.6. The molecule has 0 radical (unpaired) electrons. The molecule has 1 rings (SSSR count). The van der Waals surface area contributed by atoms with Crippen LogP contribution < -0.4 is 4.74 Å². The van der Waals surface area contributed by atoms with Gasteiger partial charge in [-0.1, -0.05) is 6.07 Å². The summed E-state index contributed by atoms with van der Waals surface area (Å²) in [5.41, 5.74) is -1.55. The zero-order valence-corrected chi connectivity index (χ0v) is 33.3. The monoisotopic (exact) mass is 821 g/mol. The third-order valence-electron chi connectivity index (χ3n) is 6.48. The maximum absolute atomic E-state index is 13.1. The maximum Gasteiger partial charge on any atom is 0.320 e. The Morgan fingerprint density at radius 3 is 1.60 bits per heavy atom. The van der Waals surface area contributed by atoms with Crippen LogP contribution in [0.5, 0.6) is 5.75 Å². The molecule has 2 N–H and O–H groups in total. The summed E-state index contributed by atoms with van der Waals surface area (Å²) in [6.45, 7) is 16.2. The number of carbonyl (C=O) groups excluding carboxylic acids is 3. The first kappa shape index (κ1) is 45.0. The lowest BCUT2D eigenvalue weighted by Gasteiger charge is -2.36. The highest BCUT2D eigenvalue weighted by molar-refractivity contribution is 14.1. The molecular weight excluding hydrogens is 765 g/mol. The Kier molecular flexibility index (Phi) is 18.1. The van der Waals surface area contributed by atoms with Crippen LogP contribution in [0.2, 0.25) is 0 Å². The second-order valence-electron chi connectivity index (χ2n) is 15.0. The molecule has 0 saturated heterocycles. The first-order chi connectivity index (χ1) is 22.9. The van der Waals surface area contributed by atoms with Gasteiger partial charge in [0.05, 0.1) is 42.9 Å². The lowest BCUT2D eigenvalue weighted by molar-refractivity contribution is -0.159. The van der Waals surface area contributed by atoms with E-state index in [1.165, 1.54) is 9.80 Å². The van der Waals surface area contributed by atoms with Crippen molar-refractivity contribution in [3.63, 3.8) is 0 Å². The predicted molar refractivity (Wildman–Crippen MR) is 195 cm³/mol. The summed E-state index contributed by atoms with van der Waals surface area (Å²) in [6.07, 6.45) is 0.278. The van der Waals surface area contributed by atoms with Crippen LogP contribution in [0, 0.1) is 3.57 Å². The molecule has 0 aliphatic rings. The lowest BCUT2D eigenvalue weighted by atomic mass is 10.0. The summed E-state index contributed by atoms with van der Waals surface area (Å²) < 4.78 is 23.1. The summed E-state index contributed by atoms with van der Waals surface area (Å²) in [7, 11) is 0. The molecular formula is C35H56IN3O11. The molecule has 0 saturated carbocycles. The van der Waals surface area contributed by atoms with E-state index in [-0.39, 0.29) is 45.7 Å². The molecule has 0 fully saturated rings. The minimum atomic E-state index is -1.16. The molecule has 15 heteroatoms. The van der Waals surface area contributed by atoms with Crippen LogP contribution in [0.25, 0.3) is 0 Å². The van der Waals surface area contributed by atoms with Gasteiger partial charge in [0.15, 0.2) is 0 Å². The van der Waals surface area contributed by atoms with Gasteiger partial charge in [0.2, 0.25) is 0 Å². The van der Waals surface area contributed by atoms with Gasteiger partial charge in [0, 0.05) is 25.7 Å². The van der Waals surface area contributed by atoms with E-state index in [4.69, 9.17) is 18.9 Å². The Morgan fingerprint density at radius 2 is 1.16 bits per heavy atom. The van der Waals surface area contributed by atoms with Crippen LogP contribution in [0.1, 0.15) is 74.8 Å². The van der Waals surface area contributed by atoms with E-state index < -0.39 is 65.8 Å². The molecule has 0 spiro atoms. The van der Waals surface area contributed by atoms with Crippen molar-refractivity contribution < 1.29 is 53.1 Å². The van der Waals surface area contributed by atoms with Crippen molar-refractivity contribution in [3.8, 4) is 5.75 Å². The predicted octanol–water partition coefficient (Wildman–Crippen LogP) is 3.70. The molecule has 284 valence electrons. The van der Waals surface area contributed by atoms with E-state index in [9.17, 15) is 34.2 Å². The van der Waals surface area contributed by atoms with Crippen molar-refractivity contribution in [1.29, 1.82) is 0 Å². The van der Waals surface area contributed by atoms with Gasteiger partial charge in [-0.05, 0) is 116 Å². The molecule has 0 aliphatic carbocycles. The zero-order valence-electron chi connectivity index (χ0n) is 31.2. The quantitative estimate of drug-likeness (QED) is 0.111. The van der Waals surface area contributed by atoms with Crippen molar-refractivity contribution in [2.45, 2.75) is 98.5 Å². The van der Waals surface area contributed by atoms with E-state index in [1.807, 2.05) is 25.1 Å². The molecule has 0 amide bonds. The standard InChI is InChI=1S/C35H56IN3O11/c1-11-47-27-13-12-24(17-26(27)36)16-25(39(20-29(42)43)23-32(46)50-35(8,9)10)18-37(21-30(44)48-33(2,3)4)14-15-38(19-28(40)41)22-31(45)49-34(5,6)7/h12-13,17,25H,11,14-16,18-23H2,1-10H3,(H,40,41)(H,42,43). The number of carboxylic acid groups (broad SMARTS) is 2. The third-order valence-corrected chi connectivity index (χ3v) is 7.32. The Bertz CT molecular complexity index is 1300. The molecule has 1 aromatic rings. The number of hydrogen-bond donors (Lipinski definition) is 2. The normalized spacial score (nSPS) is 12.9. The van der Waals surface area contributed by atoms with Gasteiger partial charge in [0.1, 0.15) is 22.6 Å². The summed E-state index contributed by atoms with van der Waals surface area (Å²) in [6, 6.07) is 4.96. The van der Waals surface area contributed by atoms with Gasteiger partial charge in [-0.25, -0.2) is 0 Å². The zero-order chi connectivity index (χ0) is 38.4. The molecule has 1 atom stereocenters. The summed E-state index contributed by atoms with van der Waals surface area (Å²) in [5, 5.41) is 19.5. The van der Waals surface area contributed by atoms with Crippen LogP contribution in [-0.2, 0) is 44.6 Å². The number of aliphatic carboxylic acids is 2. The molecule has 14 nitrogen and oxygen atoms in total. The molecule has 1 unspecified atom stereocenters. The first-order valence-electron chi connectivity index (χ1n) is 16.5. The van der Waals surface area contributed by atoms with E-state index >= 15 is 0 Å². The average Bonchev–Trinajstić information content (AvgIpc) is 2.88. The van der Waals surface area contributed by atoms with E-state index in [2.05, 4.69) is 22.6 Å². The largest absolute Gasteiger partial charge is 0.493 e. The number of carbonyl (C=O) groups is 5. The SMILES string of the molecule is CCOc1ccc(CC(CN(CCN(CC(=O)O)CC(=O)OC(C)(C)C)CC(=O)OC(C)(C)C)N(CC(=O)O)CC(=O)OC(C)(C)C)cc1I. The minimum absolute atomic E-state index is 0.0486. The second kappa shape index (κ2) is 20.1. The average molecular weight is 822 g/mol. The van der Waals surface area contributed by atoms with Crippen molar-refractivity contribution in [2.75, 3.05) is 59.0 Å². The van der Waals surface area contributed by atoms with Gasteiger partial charge >= 0.3 is 29.8 Å². The number of carboxylic acids is 2. The van der Waals surface area contributed by atoms with Gasteiger partial charge in [-0.2, -0.15) is 0 Å². The van der Waals surface area contributed by atoms with E-state index in [0.29, 0.717) is 12.4 Å². The smallest absolute Gasteiger partial charge is 0.320 e. The molecule has 50 heavy (non-hydrogen) atoms. The van der Waals surface area contributed by atoms with E-state index in [0.717, 1.165) is 9.13 Å². The molecule has 0 bridgehead atoms. The van der Waals surface area contributed by atoms with Crippen molar-refractivity contribution in [3.05, 3.63) is 27.3 Å². The summed E-state index contributed by atoms with van der Waals surface area (Å²) in [5.74, 6) is -3.40. The van der Waals surface area contributed by atoms with Crippen molar-refractivity contribution in [2.24, 2.45) is 0 Å². The fourth-order valence-corrected chi connectivity index (χ4v) is 5.62. The number of esters is 3. The molecule has 0 aliphatic heterocycles. The summed E-state index contributed by atoms with van der Waals surface area (Å²) >= 11 is 2.16. The number of hydrogen-bond acceptors (Lipinski definition) is 12. The number of rotatable bonds is 20. The van der Waals surface area contributed by atoms with Crippen LogP contribution in [-0.4, -0.2) is 137 Å². The number of ether oxygens (including phenoxy) is 4. The first-order valence-corrected chi connectivity index (χ1v) is 17.6. The Labute approximate surface area is 309 Å². The Hall–Kier alpha value is -3.02. The van der Waals surface area contributed by atoms with Crippen molar-refractivity contribution in [1.82, 2.24) is 14.7 Å². The van der Waals surface area contributed by atoms with Gasteiger partial charge < -0.3 is 29.2 Å². The van der Waals surface area contributed by atoms with Crippen LogP contribution >= 0.6 is 22.6 Å². The molecule has 1 aromatic carbocycles. The maximum atomic E-state index is 13.1.